The third kappa shape index (κ3) is 3.44. The van der Waals surface area contributed by atoms with Gasteiger partial charge >= 0.3 is 0 Å². The number of rotatable bonds is 3. The van der Waals surface area contributed by atoms with E-state index < -0.39 is 0 Å². The molecule has 3 aromatic rings. The Kier molecular flexibility index (Phi) is 4.64. The monoisotopic (exact) mass is 365 g/mol. The first kappa shape index (κ1) is 17.0. The van der Waals surface area contributed by atoms with Crippen LogP contribution in [0.1, 0.15) is 24.0 Å². The number of piperidine rings is 1. The van der Waals surface area contributed by atoms with E-state index in [0.717, 1.165) is 47.8 Å². The summed E-state index contributed by atoms with van der Waals surface area (Å²) in [4.78, 5) is 19.8. The second kappa shape index (κ2) is 7.08. The number of carbonyl (C=O) groups is 1. The molecule has 1 aromatic heterocycles. The Hall–Kier alpha value is -2.40. The Bertz CT molecular complexity index is 916. The fourth-order valence-electron chi connectivity index (χ4n) is 3.55. The van der Waals surface area contributed by atoms with Gasteiger partial charge in [-0.3, -0.25) is 4.79 Å². The number of carbonyl (C=O) groups excluding carboxylic acids is 1. The highest BCUT2D eigenvalue weighted by molar-refractivity contribution is 7.22. The van der Waals surface area contributed by atoms with Crippen LogP contribution >= 0.6 is 11.3 Å². The summed E-state index contributed by atoms with van der Waals surface area (Å²) in [7, 11) is 0. The fourth-order valence-corrected chi connectivity index (χ4v) is 4.55. The van der Waals surface area contributed by atoms with E-state index in [4.69, 9.17) is 4.98 Å². The molecule has 2 aromatic carbocycles. The lowest BCUT2D eigenvalue weighted by Crippen LogP contribution is -2.40. The highest BCUT2D eigenvalue weighted by Gasteiger charge is 2.27. The van der Waals surface area contributed by atoms with E-state index in [-0.39, 0.29) is 11.8 Å². The number of hydrogen-bond acceptors (Lipinski definition) is 4. The molecule has 1 aliphatic rings. The number of nitrogens with one attached hydrogen (secondary N) is 1. The van der Waals surface area contributed by atoms with Crippen molar-refractivity contribution in [2.45, 2.75) is 26.7 Å². The molecule has 4 rings (SSSR count). The lowest BCUT2D eigenvalue weighted by molar-refractivity contribution is -0.120. The Balaban J connectivity index is 1.48. The van der Waals surface area contributed by atoms with Crippen LogP contribution in [-0.4, -0.2) is 24.0 Å². The molecule has 1 amide bonds. The molecule has 0 bridgehead atoms. The maximum Gasteiger partial charge on any atom is 0.229 e. The van der Waals surface area contributed by atoms with Crippen LogP contribution in [0.25, 0.3) is 10.2 Å². The van der Waals surface area contributed by atoms with Gasteiger partial charge in [0.05, 0.1) is 16.1 Å². The molecule has 0 aliphatic carbocycles. The third-order valence-corrected chi connectivity index (χ3v) is 6.08. The molecule has 1 N–H and O–H groups in total. The number of para-hydroxylation sites is 1. The zero-order valence-corrected chi connectivity index (χ0v) is 16.0. The molecule has 4 nitrogen and oxygen atoms in total. The van der Waals surface area contributed by atoms with Gasteiger partial charge in [-0.1, -0.05) is 41.2 Å². The van der Waals surface area contributed by atoms with Crippen LogP contribution in [0.4, 0.5) is 10.8 Å². The average Bonchev–Trinajstić information content (AvgIpc) is 3.08. The van der Waals surface area contributed by atoms with Gasteiger partial charge < -0.3 is 10.2 Å². The quantitative estimate of drug-likeness (QED) is 0.727. The van der Waals surface area contributed by atoms with Crippen LogP contribution in [0.3, 0.4) is 0 Å². The summed E-state index contributed by atoms with van der Waals surface area (Å²) in [6.45, 7) is 5.80. The summed E-state index contributed by atoms with van der Waals surface area (Å²) < 4.78 is 1.20. The van der Waals surface area contributed by atoms with Crippen molar-refractivity contribution >= 4 is 38.3 Å². The first-order chi connectivity index (χ1) is 12.6. The Morgan fingerprint density at radius 1 is 1.23 bits per heavy atom. The second-order valence-corrected chi connectivity index (χ2v) is 8.07. The van der Waals surface area contributed by atoms with Gasteiger partial charge in [-0.2, -0.15) is 0 Å². The van der Waals surface area contributed by atoms with Crippen molar-refractivity contribution in [2.24, 2.45) is 5.92 Å². The van der Waals surface area contributed by atoms with E-state index in [9.17, 15) is 4.79 Å². The Morgan fingerprint density at radius 2 is 2.08 bits per heavy atom. The number of anilines is 2. The smallest absolute Gasteiger partial charge is 0.229 e. The van der Waals surface area contributed by atoms with E-state index in [0.29, 0.717) is 0 Å². The highest BCUT2D eigenvalue weighted by atomic mass is 32.1. The van der Waals surface area contributed by atoms with Gasteiger partial charge in [0.15, 0.2) is 5.13 Å². The molecule has 134 valence electrons. The number of hydrogen-bond donors (Lipinski definition) is 1. The van der Waals surface area contributed by atoms with E-state index in [1.54, 1.807) is 11.3 Å². The normalized spacial score (nSPS) is 17.5. The number of fused-ring (bicyclic) bond motifs is 1. The highest BCUT2D eigenvalue weighted by Crippen LogP contribution is 2.31. The molecule has 5 heteroatoms. The van der Waals surface area contributed by atoms with Crippen LogP contribution < -0.4 is 10.2 Å². The van der Waals surface area contributed by atoms with E-state index >= 15 is 0 Å². The van der Waals surface area contributed by atoms with Gasteiger partial charge in [0, 0.05) is 18.8 Å². The number of amides is 1. The Morgan fingerprint density at radius 3 is 2.88 bits per heavy atom. The van der Waals surface area contributed by atoms with Crippen molar-refractivity contribution in [2.75, 3.05) is 23.3 Å². The molecule has 1 aliphatic heterocycles. The number of aromatic nitrogens is 1. The third-order valence-electron chi connectivity index (χ3n) is 4.99. The molecule has 2 heterocycles. The van der Waals surface area contributed by atoms with Crippen LogP contribution in [0.15, 0.2) is 42.5 Å². The first-order valence-corrected chi connectivity index (χ1v) is 9.90. The summed E-state index contributed by atoms with van der Waals surface area (Å²) in [5, 5.41) is 4.15. The summed E-state index contributed by atoms with van der Waals surface area (Å²) in [5.74, 6) is 0.110. The van der Waals surface area contributed by atoms with E-state index in [1.165, 1.54) is 10.3 Å². The number of benzene rings is 2. The maximum absolute atomic E-state index is 12.8. The minimum absolute atomic E-state index is 0.00327. The zero-order valence-electron chi connectivity index (χ0n) is 15.2. The van der Waals surface area contributed by atoms with Gasteiger partial charge in [-0.05, 0) is 50.5 Å². The largest absolute Gasteiger partial charge is 0.347 e. The van der Waals surface area contributed by atoms with Gasteiger partial charge in [0.2, 0.25) is 5.91 Å². The van der Waals surface area contributed by atoms with Crippen molar-refractivity contribution in [1.82, 2.24) is 4.98 Å². The SMILES string of the molecule is Cc1ccc(NC(=O)[C@H]2CCCN(c3nc4ccccc4s3)C2)c(C)c1. The predicted molar refractivity (Wildman–Crippen MR) is 109 cm³/mol. The summed E-state index contributed by atoms with van der Waals surface area (Å²) >= 11 is 1.71. The summed E-state index contributed by atoms with van der Waals surface area (Å²) in [5.41, 5.74) is 4.27. The standard InChI is InChI=1S/C21H23N3OS/c1-14-9-10-17(15(2)12-14)22-20(25)16-6-5-11-24(13-16)21-23-18-7-3-4-8-19(18)26-21/h3-4,7-10,12,16H,5-6,11,13H2,1-2H3,(H,22,25)/t16-/m0/s1. The van der Waals surface area contributed by atoms with Crippen LogP contribution in [-0.2, 0) is 4.79 Å². The first-order valence-electron chi connectivity index (χ1n) is 9.09. The zero-order chi connectivity index (χ0) is 18.1. The summed E-state index contributed by atoms with van der Waals surface area (Å²) in [6.07, 6.45) is 1.94. The minimum atomic E-state index is -0.00327. The van der Waals surface area contributed by atoms with Crippen molar-refractivity contribution in [3.05, 3.63) is 53.6 Å². The van der Waals surface area contributed by atoms with E-state index in [2.05, 4.69) is 29.3 Å². The lowest BCUT2D eigenvalue weighted by Gasteiger charge is -2.31. The molecular formula is C21H23N3OS. The van der Waals surface area contributed by atoms with Crippen molar-refractivity contribution < 1.29 is 4.79 Å². The molecule has 0 radical (unpaired) electrons. The van der Waals surface area contributed by atoms with E-state index in [1.807, 2.05) is 37.3 Å². The van der Waals surface area contributed by atoms with Crippen molar-refractivity contribution in [3.63, 3.8) is 0 Å². The lowest BCUT2D eigenvalue weighted by atomic mass is 9.97. The molecule has 26 heavy (non-hydrogen) atoms. The van der Waals surface area contributed by atoms with Crippen molar-refractivity contribution in [3.8, 4) is 0 Å². The summed E-state index contributed by atoms with van der Waals surface area (Å²) in [6, 6.07) is 14.3. The average molecular weight is 366 g/mol. The minimum Gasteiger partial charge on any atom is -0.347 e. The topological polar surface area (TPSA) is 45.2 Å². The second-order valence-electron chi connectivity index (χ2n) is 7.06. The number of nitrogens with zero attached hydrogens (tertiary/aromatic N) is 2. The van der Waals surface area contributed by atoms with Crippen LogP contribution in [0.2, 0.25) is 0 Å². The predicted octanol–water partition coefficient (Wildman–Crippen LogP) is 4.77. The maximum atomic E-state index is 12.8. The number of thiazole rings is 1. The van der Waals surface area contributed by atoms with Crippen LogP contribution in [0, 0.1) is 19.8 Å². The van der Waals surface area contributed by atoms with Gasteiger partial charge in [0.25, 0.3) is 0 Å². The van der Waals surface area contributed by atoms with Gasteiger partial charge in [-0.25, -0.2) is 4.98 Å². The fraction of sp³-hybridized carbons (Fsp3) is 0.333. The molecule has 1 saturated heterocycles. The Labute approximate surface area is 157 Å². The molecule has 0 unspecified atom stereocenters. The van der Waals surface area contributed by atoms with Crippen LogP contribution in [0.5, 0.6) is 0 Å². The van der Waals surface area contributed by atoms with Gasteiger partial charge in [0.1, 0.15) is 0 Å². The number of aryl methyl sites for hydroxylation is 2. The van der Waals surface area contributed by atoms with Crippen molar-refractivity contribution in [1.29, 1.82) is 0 Å². The molecule has 0 spiro atoms. The van der Waals surface area contributed by atoms with Gasteiger partial charge in [-0.15, -0.1) is 0 Å². The molecule has 1 fully saturated rings. The molecule has 0 saturated carbocycles. The molecular weight excluding hydrogens is 342 g/mol. The molecule has 1 atom stereocenters.